The predicted molar refractivity (Wildman–Crippen MR) is 131 cm³/mol. The van der Waals surface area contributed by atoms with E-state index in [2.05, 4.69) is 15.3 Å². The number of benzene rings is 2. The Morgan fingerprint density at radius 2 is 1.94 bits per heavy atom. The topological polar surface area (TPSA) is 122 Å². The van der Waals surface area contributed by atoms with E-state index in [1.165, 1.54) is 29.4 Å². The van der Waals surface area contributed by atoms with Crippen molar-refractivity contribution in [1.29, 1.82) is 0 Å². The number of carbonyl (C=O) groups is 3. The first-order valence-electron chi connectivity index (χ1n) is 11.4. The van der Waals surface area contributed by atoms with Gasteiger partial charge in [0.05, 0.1) is 23.1 Å². The van der Waals surface area contributed by atoms with E-state index in [9.17, 15) is 18.8 Å². The van der Waals surface area contributed by atoms with Gasteiger partial charge in [-0.1, -0.05) is 11.6 Å². The lowest BCUT2D eigenvalue weighted by Gasteiger charge is -2.29. The smallest absolute Gasteiger partial charge is 0.306 e. The van der Waals surface area contributed by atoms with Gasteiger partial charge in [0.25, 0.3) is 5.91 Å². The fraction of sp³-hybridized carbons (Fsp3) is 0.320. The van der Waals surface area contributed by atoms with Gasteiger partial charge in [0.15, 0.2) is 0 Å². The normalized spacial score (nSPS) is 14.0. The zero-order valence-electron chi connectivity index (χ0n) is 19.5. The van der Waals surface area contributed by atoms with Gasteiger partial charge in [-0.2, -0.15) is 0 Å². The molecule has 1 fully saturated rings. The number of carboxylic acids is 1. The summed E-state index contributed by atoms with van der Waals surface area (Å²) in [6.45, 7) is 2.59. The molecular weight excluding hydrogens is 491 g/mol. The number of carboxylic acid groups (broad SMARTS) is 1. The summed E-state index contributed by atoms with van der Waals surface area (Å²) in [5.74, 6) is -2.39. The Morgan fingerprint density at radius 3 is 2.61 bits per heavy atom. The van der Waals surface area contributed by atoms with Crippen LogP contribution in [0.1, 0.15) is 25.3 Å². The zero-order chi connectivity index (χ0) is 25.8. The molecule has 1 saturated heterocycles. The maximum absolute atomic E-state index is 13.5. The van der Waals surface area contributed by atoms with Crippen molar-refractivity contribution in [2.45, 2.75) is 26.2 Å². The number of aliphatic carboxylic acids is 1. The minimum atomic E-state index is -0.888. The molecule has 11 heteroatoms. The fourth-order valence-electron chi connectivity index (χ4n) is 4.12. The van der Waals surface area contributed by atoms with Gasteiger partial charge < -0.3 is 20.1 Å². The SMILES string of the molecule is CCOc1cc2ncnc(Nc3ccc(F)c(Cl)c3)c2cc1CC(=O)C(=O)N1CCC(C(=O)O)CC1. The molecular formula is C25H24ClFN4O5. The van der Waals surface area contributed by atoms with Crippen LogP contribution in [0.15, 0.2) is 36.7 Å². The summed E-state index contributed by atoms with van der Waals surface area (Å²) >= 11 is 5.89. The van der Waals surface area contributed by atoms with E-state index in [1.807, 2.05) is 0 Å². The van der Waals surface area contributed by atoms with Crippen molar-refractivity contribution >= 4 is 51.7 Å². The Morgan fingerprint density at radius 1 is 1.19 bits per heavy atom. The van der Waals surface area contributed by atoms with Crippen molar-refractivity contribution in [1.82, 2.24) is 14.9 Å². The quantitative estimate of drug-likeness (QED) is 0.433. The van der Waals surface area contributed by atoms with Crippen LogP contribution in [0.25, 0.3) is 10.9 Å². The Labute approximate surface area is 211 Å². The monoisotopic (exact) mass is 514 g/mol. The van der Waals surface area contributed by atoms with E-state index in [-0.39, 0.29) is 24.5 Å². The van der Waals surface area contributed by atoms with E-state index in [0.29, 0.717) is 53.2 Å². The second-order valence-electron chi connectivity index (χ2n) is 8.39. The summed E-state index contributed by atoms with van der Waals surface area (Å²) in [6, 6.07) is 7.54. The largest absolute Gasteiger partial charge is 0.494 e. The minimum absolute atomic E-state index is 0.0471. The van der Waals surface area contributed by atoms with Crippen molar-refractivity contribution in [3.8, 4) is 5.75 Å². The summed E-state index contributed by atoms with van der Waals surface area (Å²) in [6.07, 6.45) is 1.78. The standard InChI is InChI=1S/C25H24ClFN4O5/c1-2-36-22-12-20-17(23(29-13-28-20)30-16-3-4-19(27)18(26)11-16)9-15(22)10-21(32)24(33)31-7-5-14(6-8-31)25(34)35/h3-4,9,11-14H,2,5-8,10H2,1H3,(H,34,35)(H,28,29,30). The highest BCUT2D eigenvalue weighted by Crippen LogP contribution is 2.31. The highest BCUT2D eigenvalue weighted by atomic mass is 35.5. The summed E-state index contributed by atoms with van der Waals surface area (Å²) in [7, 11) is 0. The summed E-state index contributed by atoms with van der Waals surface area (Å²) in [5.41, 5.74) is 1.54. The summed E-state index contributed by atoms with van der Waals surface area (Å²) in [4.78, 5) is 46.8. The van der Waals surface area contributed by atoms with Gasteiger partial charge in [-0.05, 0) is 44.0 Å². The molecule has 1 aromatic heterocycles. The molecule has 0 spiro atoms. The number of nitrogens with zero attached hydrogens (tertiary/aromatic N) is 3. The predicted octanol–water partition coefficient (Wildman–Crippen LogP) is 4.00. The number of amides is 1. The number of ether oxygens (including phenoxy) is 1. The van der Waals surface area contributed by atoms with Crippen molar-refractivity contribution in [2.24, 2.45) is 5.92 Å². The molecule has 1 aliphatic rings. The first kappa shape index (κ1) is 25.3. The summed E-state index contributed by atoms with van der Waals surface area (Å²) < 4.78 is 19.3. The molecule has 0 aliphatic carbocycles. The van der Waals surface area contributed by atoms with Gasteiger partial charge in [-0.3, -0.25) is 14.4 Å². The van der Waals surface area contributed by atoms with Crippen molar-refractivity contribution in [2.75, 3.05) is 25.0 Å². The van der Waals surface area contributed by atoms with Gasteiger partial charge in [0.2, 0.25) is 5.78 Å². The first-order chi connectivity index (χ1) is 17.3. The number of nitrogens with one attached hydrogen (secondary N) is 1. The van der Waals surface area contributed by atoms with Crippen LogP contribution in [-0.4, -0.2) is 57.3 Å². The molecule has 2 heterocycles. The number of hydrogen-bond acceptors (Lipinski definition) is 7. The third kappa shape index (κ3) is 5.54. The second-order valence-corrected chi connectivity index (χ2v) is 8.80. The number of fused-ring (bicyclic) bond motifs is 1. The van der Waals surface area contributed by atoms with Crippen LogP contribution in [0, 0.1) is 11.7 Å². The molecule has 2 N–H and O–H groups in total. The first-order valence-corrected chi connectivity index (χ1v) is 11.8. The molecule has 0 radical (unpaired) electrons. The molecule has 1 amide bonds. The number of hydrogen-bond donors (Lipinski definition) is 2. The molecule has 0 atom stereocenters. The maximum Gasteiger partial charge on any atom is 0.306 e. The van der Waals surface area contributed by atoms with E-state index >= 15 is 0 Å². The number of halogens is 2. The number of rotatable bonds is 8. The molecule has 9 nitrogen and oxygen atoms in total. The number of anilines is 2. The maximum atomic E-state index is 13.5. The highest BCUT2D eigenvalue weighted by Gasteiger charge is 2.30. The van der Waals surface area contributed by atoms with Crippen LogP contribution in [0.5, 0.6) is 5.75 Å². The lowest BCUT2D eigenvalue weighted by atomic mass is 9.96. The van der Waals surface area contributed by atoms with Crippen LogP contribution in [0.4, 0.5) is 15.9 Å². The Hall–Kier alpha value is -3.79. The van der Waals surface area contributed by atoms with E-state index < -0.39 is 29.4 Å². The van der Waals surface area contributed by atoms with Crippen LogP contribution in [0.2, 0.25) is 5.02 Å². The van der Waals surface area contributed by atoms with Crippen molar-refractivity contribution in [3.63, 3.8) is 0 Å². The number of likely N-dealkylation sites (tertiary alicyclic amines) is 1. The van der Waals surface area contributed by atoms with Crippen LogP contribution in [-0.2, 0) is 20.8 Å². The molecule has 1 aliphatic heterocycles. The van der Waals surface area contributed by atoms with Crippen LogP contribution >= 0.6 is 11.6 Å². The van der Waals surface area contributed by atoms with Gasteiger partial charge in [0.1, 0.15) is 23.7 Å². The molecule has 4 rings (SSSR count). The molecule has 0 unspecified atom stereocenters. The van der Waals surface area contributed by atoms with E-state index in [0.717, 1.165) is 0 Å². The van der Waals surface area contributed by atoms with Gasteiger partial charge in [-0.25, -0.2) is 14.4 Å². The van der Waals surface area contributed by atoms with Gasteiger partial charge >= 0.3 is 5.97 Å². The number of Topliss-reactive ketones (excluding diaryl/α,β-unsaturated/α-hetero) is 1. The zero-order valence-corrected chi connectivity index (χ0v) is 20.2. The Kier molecular flexibility index (Phi) is 7.64. The van der Waals surface area contributed by atoms with Crippen molar-refractivity contribution < 1.29 is 28.6 Å². The summed E-state index contributed by atoms with van der Waals surface area (Å²) in [5, 5.41) is 12.8. The average Bonchev–Trinajstić information content (AvgIpc) is 2.86. The minimum Gasteiger partial charge on any atom is -0.494 e. The second kappa shape index (κ2) is 10.9. The van der Waals surface area contributed by atoms with Gasteiger partial charge in [0, 0.05) is 42.2 Å². The lowest BCUT2D eigenvalue weighted by Crippen LogP contribution is -2.43. The van der Waals surface area contributed by atoms with Crippen LogP contribution < -0.4 is 10.1 Å². The van der Waals surface area contributed by atoms with Gasteiger partial charge in [-0.15, -0.1) is 0 Å². The molecule has 2 aromatic carbocycles. The fourth-order valence-corrected chi connectivity index (χ4v) is 4.30. The molecule has 36 heavy (non-hydrogen) atoms. The molecule has 3 aromatic rings. The Balaban J connectivity index is 1.60. The number of aromatic nitrogens is 2. The third-order valence-electron chi connectivity index (χ3n) is 6.02. The van der Waals surface area contributed by atoms with Crippen molar-refractivity contribution in [3.05, 3.63) is 53.1 Å². The van der Waals surface area contributed by atoms with E-state index in [1.54, 1.807) is 19.1 Å². The highest BCUT2D eigenvalue weighted by molar-refractivity contribution is 6.36. The third-order valence-corrected chi connectivity index (χ3v) is 6.31. The van der Waals surface area contributed by atoms with Crippen LogP contribution in [0.3, 0.4) is 0 Å². The number of carbonyl (C=O) groups excluding carboxylic acids is 2. The number of piperidine rings is 1. The Bertz CT molecular complexity index is 1330. The van der Waals surface area contributed by atoms with E-state index in [4.69, 9.17) is 21.4 Å². The molecule has 0 bridgehead atoms. The molecule has 0 saturated carbocycles. The number of ketones is 1. The molecule has 188 valence electrons. The lowest BCUT2D eigenvalue weighted by molar-refractivity contribution is -0.148. The average molecular weight is 515 g/mol.